The highest BCUT2D eigenvalue weighted by Crippen LogP contribution is 2.29. The van der Waals surface area contributed by atoms with E-state index in [-0.39, 0.29) is 12.3 Å². The van der Waals surface area contributed by atoms with E-state index >= 15 is 0 Å². The molecule has 0 aliphatic carbocycles. The molecule has 158 valence electrons. The molecule has 0 atom stereocenters. The van der Waals surface area contributed by atoms with Crippen molar-refractivity contribution < 1.29 is 22.4 Å². The van der Waals surface area contributed by atoms with Crippen LogP contribution in [0.4, 0.5) is 18.9 Å². The minimum Gasteiger partial charge on any atom is -0.455 e. The summed E-state index contributed by atoms with van der Waals surface area (Å²) in [6.07, 6.45) is 0.971. The predicted octanol–water partition coefficient (Wildman–Crippen LogP) is 4.39. The van der Waals surface area contributed by atoms with Crippen LogP contribution in [0.2, 0.25) is 0 Å². The number of carbonyl (C=O) groups excluding carboxylic acids is 1. The van der Waals surface area contributed by atoms with Crippen molar-refractivity contribution in [3.05, 3.63) is 71.4 Å². The van der Waals surface area contributed by atoms with Crippen LogP contribution in [0.15, 0.2) is 53.2 Å². The van der Waals surface area contributed by atoms with Gasteiger partial charge in [-0.05, 0) is 55.8 Å². The standard InChI is InChI=1S/C21H21F3N4O2/c22-21(23,24)16-5-3-4-15(10-16)12-28-13-17(11-25-28)26-20(29)19-7-6-18(30-19)14-27-8-1-2-9-27/h3-7,10-11,13H,1-2,8-9,12,14H2,(H,26,29). The van der Waals surface area contributed by atoms with E-state index in [0.717, 1.165) is 31.0 Å². The van der Waals surface area contributed by atoms with Crippen LogP contribution < -0.4 is 5.32 Å². The van der Waals surface area contributed by atoms with Gasteiger partial charge >= 0.3 is 6.18 Å². The van der Waals surface area contributed by atoms with Gasteiger partial charge in [0.05, 0.1) is 30.5 Å². The molecule has 6 nitrogen and oxygen atoms in total. The van der Waals surface area contributed by atoms with Crippen molar-refractivity contribution in [1.29, 1.82) is 0 Å². The predicted molar refractivity (Wildman–Crippen MR) is 104 cm³/mol. The van der Waals surface area contributed by atoms with Gasteiger partial charge in [-0.1, -0.05) is 12.1 Å². The number of halogens is 3. The van der Waals surface area contributed by atoms with E-state index in [0.29, 0.717) is 17.8 Å². The maximum Gasteiger partial charge on any atom is 0.416 e. The van der Waals surface area contributed by atoms with E-state index in [1.807, 2.05) is 0 Å². The topological polar surface area (TPSA) is 63.3 Å². The van der Waals surface area contributed by atoms with Gasteiger partial charge in [-0.15, -0.1) is 0 Å². The van der Waals surface area contributed by atoms with E-state index in [2.05, 4.69) is 15.3 Å². The second-order valence-electron chi connectivity index (χ2n) is 7.33. The monoisotopic (exact) mass is 418 g/mol. The fourth-order valence-electron chi connectivity index (χ4n) is 3.49. The number of alkyl halides is 3. The van der Waals surface area contributed by atoms with Gasteiger partial charge in [0.25, 0.3) is 5.91 Å². The second-order valence-corrected chi connectivity index (χ2v) is 7.33. The number of rotatable bonds is 6. The summed E-state index contributed by atoms with van der Waals surface area (Å²) in [6.45, 7) is 2.91. The quantitative estimate of drug-likeness (QED) is 0.645. The average Bonchev–Trinajstić information content (AvgIpc) is 3.45. The lowest BCUT2D eigenvalue weighted by molar-refractivity contribution is -0.137. The van der Waals surface area contributed by atoms with Gasteiger partial charge in [0.2, 0.25) is 0 Å². The molecule has 0 radical (unpaired) electrons. The van der Waals surface area contributed by atoms with Crippen molar-refractivity contribution in [2.45, 2.75) is 32.1 Å². The number of aromatic nitrogens is 2. The van der Waals surface area contributed by atoms with Crippen LogP contribution in [-0.4, -0.2) is 33.7 Å². The molecule has 0 unspecified atom stereocenters. The third-order valence-electron chi connectivity index (χ3n) is 4.95. The molecular formula is C21H21F3N4O2. The molecule has 4 rings (SSSR count). The number of hydrogen-bond acceptors (Lipinski definition) is 4. The molecule has 1 aliphatic rings. The Balaban J connectivity index is 1.36. The van der Waals surface area contributed by atoms with Crippen LogP contribution in [-0.2, 0) is 19.3 Å². The summed E-state index contributed by atoms with van der Waals surface area (Å²) >= 11 is 0. The lowest BCUT2D eigenvalue weighted by Gasteiger charge is -2.11. The number of hydrogen-bond donors (Lipinski definition) is 1. The number of likely N-dealkylation sites (tertiary alicyclic amines) is 1. The SMILES string of the molecule is O=C(Nc1cnn(Cc2cccc(C(F)(F)F)c2)c1)c1ccc(CN2CCCC2)o1. The van der Waals surface area contributed by atoms with Crippen LogP contribution in [0.3, 0.4) is 0 Å². The average molecular weight is 418 g/mol. The first-order chi connectivity index (χ1) is 14.4. The Labute approximate surface area is 171 Å². The molecule has 1 N–H and O–H groups in total. The Morgan fingerprint density at radius 3 is 2.70 bits per heavy atom. The van der Waals surface area contributed by atoms with Crippen molar-refractivity contribution >= 4 is 11.6 Å². The van der Waals surface area contributed by atoms with E-state index in [1.54, 1.807) is 24.4 Å². The molecular weight excluding hydrogens is 397 g/mol. The first kappa shape index (κ1) is 20.2. The molecule has 0 bridgehead atoms. The van der Waals surface area contributed by atoms with E-state index in [4.69, 9.17) is 4.42 Å². The molecule has 2 aromatic heterocycles. The Morgan fingerprint density at radius 2 is 1.93 bits per heavy atom. The molecule has 0 saturated carbocycles. The number of benzene rings is 1. The van der Waals surface area contributed by atoms with Gasteiger partial charge in [0.1, 0.15) is 5.76 Å². The highest BCUT2D eigenvalue weighted by Gasteiger charge is 2.30. The summed E-state index contributed by atoms with van der Waals surface area (Å²) in [6, 6.07) is 8.50. The van der Waals surface area contributed by atoms with Crippen LogP contribution >= 0.6 is 0 Å². The van der Waals surface area contributed by atoms with E-state index in [9.17, 15) is 18.0 Å². The van der Waals surface area contributed by atoms with Crippen LogP contribution in [0.1, 0.15) is 40.3 Å². The van der Waals surface area contributed by atoms with E-state index in [1.165, 1.54) is 29.8 Å². The Bertz CT molecular complexity index is 1020. The first-order valence-corrected chi connectivity index (χ1v) is 9.68. The van der Waals surface area contributed by atoms with Crippen molar-refractivity contribution in [3.8, 4) is 0 Å². The number of nitrogens with one attached hydrogen (secondary N) is 1. The van der Waals surface area contributed by atoms with Gasteiger partial charge < -0.3 is 9.73 Å². The lowest BCUT2D eigenvalue weighted by Crippen LogP contribution is -2.17. The van der Waals surface area contributed by atoms with Crippen molar-refractivity contribution in [2.24, 2.45) is 0 Å². The number of furan rings is 1. The van der Waals surface area contributed by atoms with Crippen LogP contribution in [0.5, 0.6) is 0 Å². The van der Waals surface area contributed by atoms with Gasteiger partial charge in [-0.25, -0.2) is 0 Å². The zero-order valence-electron chi connectivity index (χ0n) is 16.2. The van der Waals surface area contributed by atoms with Crippen LogP contribution in [0, 0.1) is 0 Å². The molecule has 1 aromatic carbocycles. The number of anilines is 1. The molecule has 0 spiro atoms. The minimum absolute atomic E-state index is 0.153. The maximum absolute atomic E-state index is 12.8. The smallest absolute Gasteiger partial charge is 0.416 e. The molecule has 1 amide bonds. The lowest BCUT2D eigenvalue weighted by atomic mass is 10.1. The summed E-state index contributed by atoms with van der Waals surface area (Å²) in [5, 5.41) is 6.80. The van der Waals surface area contributed by atoms with Crippen LogP contribution in [0.25, 0.3) is 0 Å². The maximum atomic E-state index is 12.8. The highest BCUT2D eigenvalue weighted by molar-refractivity contribution is 6.02. The number of nitrogens with zero attached hydrogens (tertiary/aromatic N) is 3. The summed E-state index contributed by atoms with van der Waals surface area (Å²) in [5.41, 5.74) is 0.191. The number of carbonyl (C=O) groups is 1. The Kier molecular flexibility index (Phi) is 5.63. The fraction of sp³-hybridized carbons (Fsp3) is 0.333. The Morgan fingerprint density at radius 1 is 1.13 bits per heavy atom. The molecule has 3 heterocycles. The Hall–Kier alpha value is -3.07. The van der Waals surface area contributed by atoms with Gasteiger partial charge in [-0.3, -0.25) is 14.4 Å². The van der Waals surface area contributed by atoms with Gasteiger partial charge in [0.15, 0.2) is 5.76 Å². The number of amides is 1. The van der Waals surface area contributed by atoms with Crippen molar-refractivity contribution in [1.82, 2.24) is 14.7 Å². The summed E-state index contributed by atoms with van der Waals surface area (Å²) in [5.74, 6) is 0.540. The largest absolute Gasteiger partial charge is 0.455 e. The summed E-state index contributed by atoms with van der Waals surface area (Å²) in [7, 11) is 0. The minimum atomic E-state index is -4.39. The molecule has 1 saturated heterocycles. The van der Waals surface area contributed by atoms with Gasteiger partial charge in [0, 0.05) is 6.20 Å². The van der Waals surface area contributed by atoms with Crippen molar-refractivity contribution in [2.75, 3.05) is 18.4 Å². The third-order valence-corrected chi connectivity index (χ3v) is 4.95. The summed E-state index contributed by atoms with van der Waals surface area (Å²) in [4.78, 5) is 14.7. The molecule has 1 aliphatic heterocycles. The molecule has 1 fully saturated rings. The fourth-order valence-corrected chi connectivity index (χ4v) is 3.49. The van der Waals surface area contributed by atoms with E-state index < -0.39 is 17.6 Å². The molecule has 9 heteroatoms. The van der Waals surface area contributed by atoms with Crippen molar-refractivity contribution in [3.63, 3.8) is 0 Å². The first-order valence-electron chi connectivity index (χ1n) is 9.68. The highest BCUT2D eigenvalue weighted by atomic mass is 19.4. The second kappa shape index (κ2) is 8.35. The zero-order valence-corrected chi connectivity index (χ0v) is 16.2. The molecule has 30 heavy (non-hydrogen) atoms. The third kappa shape index (κ3) is 4.91. The van der Waals surface area contributed by atoms with Gasteiger partial charge in [-0.2, -0.15) is 18.3 Å². The normalized spacial score (nSPS) is 14.9. The summed E-state index contributed by atoms with van der Waals surface area (Å²) < 4.78 is 45.7. The molecule has 3 aromatic rings. The zero-order chi connectivity index (χ0) is 21.1.